The van der Waals surface area contributed by atoms with Crippen LogP contribution in [-0.4, -0.2) is 36.7 Å². The van der Waals surface area contributed by atoms with Crippen LogP contribution < -0.4 is 5.73 Å². The van der Waals surface area contributed by atoms with Gasteiger partial charge in [0.2, 0.25) is 0 Å². The molecule has 2 N–H and O–H groups in total. The number of hydrogen-bond acceptors (Lipinski definition) is 3. The van der Waals surface area contributed by atoms with Crippen molar-refractivity contribution in [1.82, 2.24) is 4.90 Å². The fraction of sp³-hybridized carbons (Fsp3) is 0.800. The Morgan fingerprint density at radius 1 is 1.46 bits per heavy atom. The molecule has 1 saturated heterocycles. The van der Waals surface area contributed by atoms with Gasteiger partial charge < -0.3 is 10.5 Å². The van der Waals surface area contributed by atoms with Crippen LogP contribution in [0.5, 0.6) is 0 Å². The normalized spacial score (nSPS) is 34.8. The molecule has 2 rings (SSSR count). The van der Waals surface area contributed by atoms with E-state index in [0.717, 1.165) is 38.9 Å². The van der Waals surface area contributed by atoms with Crippen LogP contribution >= 0.6 is 0 Å². The highest BCUT2D eigenvalue weighted by molar-refractivity contribution is 4.86. The molecule has 0 aromatic carbocycles. The predicted octanol–water partition coefficient (Wildman–Crippen LogP) is 0.712. The summed E-state index contributed by atoms with van der Waals surface area (Å²) in [6, 6.07) is 0.388. The lowest BCUT2D eigenvalue weighted by molar-refractivity contribution is 0.0872. The number of ether oxygens (including phenoxy) is 1. The first-order valence-corrected chi connectivity index (χ1v) is 5.13. The van der Waals surface area contributed by atoms with Crippen molar-refractivity contribution in [2.24, 2.45) is 5.73 Å². The summed E-state index contributed by atoms with van der Waals surface area (Å²) in [4.78, 5) is 2.41. The molecule has 74 valence electrons. The Hall–Kier alpha value is -0.540. The maximum Gasteiger partial charge on any atom is 0.111 e. The molecular formula is C10H18N2O. The zero-order valence-electron chi connectivity index (χ0n) is 7.98. The molecule has 0 saturated carbocycles. The molecule has 3 nitrogen and oxygen atoms in total. The lowest BCUT2D eigenvalue weighted by Gasteiger charge is -2.24. The summed E-state index contributed by atoms with van der Waals surface area (Å²) < 4.78 is 5.51. The van der Waals surface area contributed by atoms with Gasteiger partial charge in [-0.15, -0.1) is 0 Å². The molecular weight excluding hydrogens is 164 g/mol. The fourth-order valence-corrected chi connectivity index (χ4v) is 2.04. The standard InChI is InChI=1S/C10H18N2O/c11-9-4-5-12(7-9)8-10-3-1-2-6-13-10/h2,6,9-10H,1,3-5,7-8,11H2. The third-order valence-electron chi connectivity index (χ3n) is 2.79. The topological polar surface area (TPSA) is 38.5 Å². The highest BCUT2D eigenvalue weighted by Crippen LogP contribution is 2.14. The van der Waals surface area contributed by atoms with Gasteiger partial charge >= 0.3 is 0 Å². The second-order valence-corrected chi connectivity index (χ2v) is 4.02. The maximum atomic E-state index is 5.83. The van der Waals surface area contributed by atoms with Crippen molar-refractivity contribution >= 4 is 0 Å². The highest BCUT2D eigenvalue weighted by Gasteiger charge is 2.22. The third kappa shape index (κ3) is 2.45. The second kappa shape index (κ2) is 4.11. The molecule has 13 heavy (non-hydrogen) atoms. The van der Waals surface area contributed by atoms with Gasteiger partial charge in [0.1, 0.15) is 6.10 Å². The van der Waals surface area contributed by atoms with Crippen molar-refractivity contribution in [1.29, 1.82) is 0 Å². The van der Waals surface area contributed by atoms with Crippen molar-refractivity contribution in [2.75, 3.05) is 19.6 Å². The van der Waals surface area contributed by atoms with Crippen LogP contribution in [0.4, 0.5) is 0 Å². The summed E-state index contributed by atoms with van der Waals surface area (Å²) in [6.45, 7) is 3.24. The van der Waals surface area contributed by atoms with Gasteiger partial charge in [-0.1, -0.05) is 0 Å². The number of allylic oxidation sites excluding steroid dienone is 1. The first-order chi connectivity index (χ1) is 6.34. The van der Waals surface area contributed by atoms with Crippen molar-refractivity contribution in [3.8, 4) is 0 Å². The molecule has 0 aromatic heterocycles. The Bertz CT molecular complexity index is 193. The molecule has 0 aliphatic carbocycles. The highest BCUT2D eigenvalue weighted by atomic mass is 16.5. The van der Waals surface area contributed by atoms with E-state index < -0.39 is 0 Å². The Balaban J connectivity index is 1.74. The molecule has 2 heterocycles. The number of likely N-dealkylation sites (tertiary alicyclic amines) is 1. The summed E-state index contributed by atoms with van der Waals surface area (Å²) in [5.41, 5.74) is 5.83. The molecule has 0 spiro atoms. The van der Waals surface area contributed by atoms with Crippen LogP contribution in [0.3, 0.4) is 0 Å². The number of hydrogen-bond donors (Lipinski definition) is 1. The summed E-state index contributed by atoms with van der Waals surface area (Å²) in [5.74, 6) is 0. The zero-order valence-corrected chi connectivity index (χ0v) is 7.98. The minimum Gasteiger partial charge on any atom is -0.497 e. The number of nitrogens with two attached hydrogens (primary N) is 1. The van der Waals surface area contributed by atoms with E-state index in [1.165, 1.54) is 0 Å². The van der Waals surface area contributed by atoms with Gasteiger partial charge in [0, 0.05) is 19.1 Å². The number of rotatable bonds is 2. The predicted molar refractivity (Wildman–Crippen MR) is 52.3 cm³/mol. The molecule has 2 aliphatic heterocycles. The molecule has 2 unspecified atom stereocenters. The quantitative estimate of drug-likeness (QED) is 0.683. The van der Waals surface area contributed by atoms with E-state index >= 15 is 0 Å². The van der Waals surface area contributed by atoms with E-state index in [2.05, 4.69) is 11.0 Å². The maximum absolute atomic E-state index is 5.83. The van der Waals surface area contributed by atoms with Gasteiger partial charge in [-0.3, -0.25) is 4.90 Å². The molecule has 3 heteroatoms. The van der Waals surface area contributed by atoms with Gasteiger partial charge in [-0.2, -0.15) is 0 Å². The molecule has 0 amide bonds. The molecule has 0 aromatic rings. The van der Waals surface area contributed by atoms with E-state index in [-0.39, 0.29) is 0 Å². The minimum absolute atomic E-state index is 0.388. The van der Waals surface area contributed by atoms with Crippen LogP contribution in [0.2, 0.25) is 0 Å². The first kappa shape index (κ1) is 9.03. The molecule has 2 atom stereocenters. The van der Waals surface area contributed by atoms with Crippen LogP contribution in [0.25, 0.3) is 0 Å². The summed E-state index contributed by atoms with van der Waals surface area (Å²) in [7, 11) is 0. The van der Waals surface area contributed by atoms with Gasteiger partial charge in [0.25, 0.3) is 0 Å². The Morgan fingerprint density at radius 2 is 2.38 bits per heavy atom. The number of nitrogens with zero attached hydrogens (tertiary/aromatic N) is 1. The van der Waals surface area contributed by atoms with E-state index in [9.17, 15) is 0 Å². The smallest absolute Gasteiger partial charge is 0.111 e. The lowest BCUT2D eigenvalue weighted by atomic mass is 10.1. The summed E-state index contributed by atoms with van der Waals surface area (Å²) in [5, 5.41) is 0. The summed E-state index contributed by atoms with van der Waals surface area (Å²) in [6.07, 6.45) is 7.78. The zero-order chi connectivity index (χ0) is 9.10. The minimum atomic E-state index is 0.388. The van der Waals surface area contributed by atoms with Gasteiger partial charge in [-0.25, -0.2) is 0 Å². The molecule has 0 radical (unpaired) electrons. The van der Waals surface area contributed by atoms with Crippen molar-refractivity contribution in [2.45, 2.75) is 31.4 Å². The summed E-state index contributed by atoms with van der Waals surface area (Å²) >= 11 is 0. The van der Waals surface area contributed by atoms with Crippen LogP contribution in [0, 0.1) is 0 Å². The second-order valence-electron chi connectivity index (χ2n) is 4.02. The average molecular weight is 182 g/mol. The van der Waals surface area contributed by atoms with Crippen molar-refractivity contribution < 1.29 is 4.74 Å². The van der Waals surface area contributed by atoms with Crippen molar-refractivity contribution in [3.63, 3.8) is 0 Å². The van der Waals surface area contributed by atoms with E-state index in [0.29, 0.717) is 12.1 Å². The average Bonchev–Trinajstić information content (AvgIpc) is 2.53. The largest absolute Gasteiger partial charge is 0.497 e. The van der Waals surface area contributed by atoms with Crippen molar-refractivity contribution in [3.05, 3.63) is 12.3 Å². The molecule has 1 fully saturated rings. The first-order valence-electron chi connectivity index (χ1n) is 5.13. The van der Waals surface area contributed by atoms with Gasteiger partial charge in [0.15, 0.2) is 0 Å². The lowest BCUT2D eigenvalue weighted by Crippen LogP contribution is -2.34. The third-order valence-corrected chi connectivity index (χ3v) is 2.79. The van der Waals surface area contributed by atoms with Crippen LogP contribution in [0.15, 0.2) is 12.3 Å². The van der Waals surface area contributed by atoms with E-state index in [1.807, 2.05) is 6.26 Å². The Labute approximate surface area is 79.5 Å². The van der Waals surface area contributed by atoms with E-state index in [1.54, 1.807) is 0 Å². The molecule has 0 bridgehead atoms. The fourth-order valence-electron chi connectivity index (χ4n) is 2.04. The van der Waals surface area contributed by atoms with Gasteiger partial charge in [-0.05, 0) is 31.9 Å². The Kier molecular flexibility index (Phi) is 2.86. The van der Waals surface area contributed by atoms with Crippen LogP contribution in [-0.2, 0) is 4.74 Å². The Morgan fingerprint density at radius 3 is 3.00 bits per heavy atom. The van der Waals surface area contributed by atoms with Gasteiger partial charge in [0.05, 0.1) is 6.26 Å². The molecule has 2 aliphatic rings. The van der Waals surface area contributed by atoms with E-state index in [4.69, 9.17) is 10.5 Å². The van der Waals surface area contributed by atoms with Crippen LogP contribution in [0.1, 0.15) is 19.3 Å². The SMILES string of the molecule is NC1CCN(CC2CCC=CO2)C1. The monoisotopic (exact) mass is 182 g/mol.